The summed E-state index contributed by atoms with van der Waals surface area (Å²) in [5.74, 6) is 0.413. The first kappa shape index (κ1) is 18.5. The number of carbonyl (C=O) groups is 1. The number of rotatable bonds is 6. The molecule has 0 atom stereocenters. The van der Waals surface area contributed by atoms with E-state index < -0.39 is 15.9 Å². The molecule has 1 heterocycles. The quantitative estimate of drug-likeness (QED) is 0.745. The van der Waals surface area contributed by atoms with Crippen molar-refractivity contribution < 1.29 is 22.7 Å². The van der Waals surface area contributed by atoms with Gasteiger partial charge in [0, 0.05) is 16.2 Å². The fourth-order valence-corrected chi connectivity index (χ4v) is 3.90. The second-order valence-corrected chi connectivity index (χ2v) is 8.60. The molecule has 1 aliphatic heterocycles. The molecule has 0 unspecified atom stereocenters. The lowest BCUT2D eigenvalue weighted by atomic mass is 10.2. The molecular weight excluding hydrogens is 424 g/mol. The van der Waals surface area contributed by atoms with Crippen LogP contribution in [0.3, 0.4) is 0 Å². The van der Waals surface area contributed by atoms with Gasteiger partial charge < -0.3 is 14.8 Å². The molecule has 0 radical (unpaired) electrons. The lowest BCUT2D eigenvalue weighted by Gasteiger charge is -2.23. The zero-order valence-electron chi connectivity index (χ0n) is 13.9. The van der Waals surface area contributed by atoms with Gasteiger partial charge in [-0.1, -0.05) is 22.0 Å². The molecule has 26 heavy (non-hydrogen) atoms. The summed E-state index contributed by atoms with van der Waals surface area (Å²) in [7, 11) is -3.66. The van der Waals surface area contributed by atoms with Gasteiger partial charge in [-0.05, 0) is 37.3 Å². The summed E-state index contributed by atoms with van der Waals surface area (Å²) in [6.45, 7) is 1.27. The fourth-order valence-electron chi connectivity index (χ4n) is 2.44. The van der Waals surface area contributed by atoms with Gasteiger partial charge in [0.15, 0.2) is 11.5 Å². The standard InChI is InChI=1S/C17H17BrN2O5S/c1-2-26(22,23)20(14-6-7-15-16(9-14)25-11-24-15)10-17(21)19-13-5-3-4-12(18)8-13/h3-9H,2,10-11H2,1H3,(H,19,21). The molecule has 1 N–H and O–H groups in total. The Hall–Kier alpha value is -2.26. The number of amides is 1. The molecule has 0 saturated carbocycles. The average molecular weight is 441 g/mol. The normalized spacial score (nSPS) is 12.7. The summed E-state index contributed by atoms with van der Waals surface area (Å²) in [5, 5.41) is 2.70. The molecule has 0 aliphatic carbocycles. The highest BCUT2D eigenvalue weighted by Gasteiger charge is 2.25. The van der Waals surface area contributed by atoms with Gasteiger partial charge in [-0.2, -0.15) is 0 Å². The van der Waals surface area contributed by atoms with Gasteiger partial charge in [-0.25, -0.2) is 8.42 Å². The van der Waals surface area contributed by atoms with Crippen molar-refractivity contribution in [1.82, 2.24) is 0 Å². The second-order valence-electron chi connectivity index (χ2n) is 5.50. The van der Waals surface area contributed by atoms with Crippen molar-refractivity contribution in [2.75, 3.05) is 28.7 Å². The minimum Gasteiger partial charge on any atom is -0.454 e. The predicted octanol–water partition coefficient (Wildman–Crippen LogP) is 2.97. The number of fused-ring (bicyclic) bond motifs is 1. The fraction of sp³-hybridized carbons (Fsp3) is 0.235. The topological polar surface area (TPSA) is 84.9 Å². The van der Waals surface area contributed by atoms with Gasteiger partial charge in [0.2, 0.25) is 22.7 Å². The van der Waals surface area contributed by atoms with Crippen LogP contribution in [0, 0.1) is 0 Å². The summed E-state index contributed by atoms with van der Waals surface area (Å²) in [5.41, 5.74) is 0.921. The number of hydrogen-bond donors (Lipinski definition) is 1. The molecule has 0 aromatic heterocycles. The third-order valence-corrected chi connectivity index (χ3v) is 5.97. The molecule has 1 aliphatic rings. The van der Waals surface area contributed by atoms with Crippen LogP contribution in [0.15, 0.2) is 46.9 Å². The second kappa shape index (κ2) is 7.55. The Balaban J connectivity index is 1.84. The van der Waals surface area contributed by atoms with E-state index in [0.29, 0.717) is 22.9 Å². The molecule has 138 valence electrons. The van der Waals surface area contributed by atoms with E-state index in [2.05, 4.69) is 21.2 Å². The van der Waals surface area contributed by atoms with Crippen LogP contribution in [-0.2, 0) is 14.8 Å². The SMILES string of the molecule is CCS(=O)(=O)N(CC(=O)Nc1cccc(Br)c1)c1ccc2c(c1)OCO2. The van der Waals surface area contributed by atoms with E-state index in [1.807, 2.05) is 6.07 Å². The molecular formula is C17H17BrN2O5S. The lowest BCUT2D eigenvalue weighted by molar-refractivity contribution is -0.114. The first-order valence-electron chi connectivity index (χ1n) is 7.84. The Morgan fingerprint density at radius 2 is 1.96 bits per heavy atom. The third kappa shape index (κ3) is 4.10. The van der Waals surface area contributed by atoms with Crippen LogP contribution >= 0.6 is 15.9 Å². The smallest absolute Gasteiger partial charge is 0.245 e. The first-order valence-corrected chi connectivity index (χ1v) is 10.2. The third-order valence-electron chi connectivity index (χ3n) is 3.74. The van der Waals surface area contributed by atoms with Gasteiger partial charge in [0.05, 0.1) is 11.4 Å². The van der Waals surface area contributed by atoms with Crippen molar-refractivity contribution in [3.8, 4) is 11.5 Å². The Morgan fingerprint density at radius 3 is 2.69 bits per heavy atom. The highest BCUT2D eigenvalue weighted by Crippen LogP contribution is 2.36. The Morgan fingerprint density at radius 1 is 1.19 bits per heavy atom. The van der Waals surface area contributed by atoms with Crippen molar-refractivity contribution in [1.29, 1.82) is 0 Å². The van der Waals surface area contributed by atoms with Gasteiger partial charge >= 0.3 is 0 Å². The van der Waals surface area contributed by atoms with Crippen LogP contribution in [0.2, 0.25) is 0 Å². The number of benzene rings is 2. The maximum Gasteiger partial charge on any atom is 0.245 e. The molecule has 0 fully saturated rings. The van der Waals surface area contributed by atoms with Crippen LogP contribution in [0.25, 0.3) is 0 Å². The van der Waals surface area contributed by atoms with Crippen LogP contribution in [0.1, 0.15) is 6.92 Å². The van der Waals surface area contributed by atoms with Crippen LogP contribution in [0.4, 0.5) is 11.4 Å². The number of ether oxygens (including phenoxy) is 2. The van der Waals surface area contributed by atoms with Gasteiger partial charge in [0.25, 0.3) is 0 Å². The molecule has 0 spiro atoms. The van der Waals surface area contributed by atoms with E-state index in [4.69, 9.17) is 9.47 Å². The monoisotopic (exact) mass is 440 g/mol. The highest BCUT2D eigenvalue weighted by molar-refractivity contribution is 9.10. The molecule has 3 rings (SSSR count). The van der Waals surface area contributed by atoms with Crippen LogP contribution < -0.4 is 19.1 Å². The number of nitrogens with one attached hydrogen (secondary N) is 1. The summed E-state index contributed by atoms with van der Waals surface area (Å²) in [6, 6.07) is 11.8. The Bertz CT molecular complexity index is 933. The number of halogens is 1. The predicted molar refractivity (Wildman–Crippen MR) is 102 cm³/mol. The van der Waals surface area contributed by atoms with E-state index in [1.54, 1.807) is 36.4 Å². The molecule has 9 heteroatoms. The number of sulfonamides is 1. The van der Waals surface area contributed by atoms with E-state index >= 15 is 0 Å². The Labute approximate surface area is 160 Å². The zero-order chi connectivity index (χ0) is 18.7. The molecule has 0 bridgehead atoms. The molecule has 7 nitrogen and oxygen atoms in total. The minimum atomic E-state index is -3.66. The van der Waals surface area contributed by atoms with Gasteiger partial charge in [0.1, 0.15) is 6.54 Å². The van der Waals surface area contributed by atoms with Gasteiger partial charge in [-0.3, -0.25) is 9.10 Å². The van der Waals surface area contributed by atoms with Crippen LogP contribution in [0.5, 0.6) is 11.5 Å². The minimum absolute atomic E-state index is 0.0860. The first-order chi connectivity index (χ1) is 12.4. The van der Waals surface area contributed by atoms with Gasteiger partial charge in [-0.15, -0.1) is 0 Å². The summed E-state index contributed by atoms with van der Waals surface area (Å²) in [6.07, 6.45) is 0. The highest BCUT2D eigenvalue weighted by atomic mass is 79.9. The van der Waals surface area contributed by atoms with Crippen molar-refractivity contribution in [2.24, 2.45) is 0 Å². The largest absolute Gasteiger partial charge is 0.454 e. The summed E-state index contributed by atoms with van der Waals surface area (Å²) >= 11 is 3.33. The van der Waals surface area contributed by atoms with Crippen molar-refractivity contribution in [3.63, 3.8) is 0 Å². The lowest BCUT2D eigenvalue weighted by Crippen LogP contribution is -2.39. The maximum atomic E-state index is 12.5. The van der Waals surface area contributed by atoms with Crippen molar-refractivity contribution in [3.05, 3.63) is 46.9 Å². The Kier molecular flexibility index (Phi) is 5.38. The summed E-state index contributed by atoms with van der Waals surface area (Å²) < 4.78 is 37.4. The van der Waals surface area contributed by atoms with E-state index in [-0.39, 0.29) is 19.1 Å². The van der Waals surface area contributed by atoms with E-state index in [1.165, 1.54) is 6.92 Å². The number of hydrogen-bond acceptors (Lipinski definition) is 5. The molecule has 0 saturated heterocycles. The molecule has 2 aromatic carbocycles. The zero-order valence-corrected chi connectivity index (χ0v) is 16.3. The molecule has 2 aromatic rings. The van der Waals surface area contributed by atoms with Crippen molar-refractivity contribution in [2.45, 2.75) is 6.92 Å². The summed E-state index contributed by atoms with van der Waals surface area (Å²) in [4.78, 5) is 12.4. The van der Waals surface area contributed by atoms with E-state index in [9.17, 15) is 13.2 Å². The maximum absolute atomic E-state index is 12.5. The van der Waals surface area contributed by atoms with Crippen LogP contribution in [-0.4, -0.2) is 33.4 Å². The number of anilines is 2. The average Bonchev–Trinajstić information content (AvgIpc) is 3.07. The van der Waals surface area contributed by atoms with E-state index in [0.717, 1.165) is 8.78 Å². The number of nitrogens with zero attached hydrogens (tertiary/aromatic N) is 1. The number of carbonyl (C=O) groups excluding carboxylic acids is 1. The molecule has 1 amide bonds. The van der Waals surface area contributed by atoms with Crippen molar-refractivity contribution >= 4 is 43.2 Å².